The van der Waals surface area contributed by atoms with Gasteiger partial charge in [-0.1, -0.05) is 23.7 Å². The van der Waals surface area contributed by atoms with Crippen molar-refractivity contribution in [1.29, 1.82) is 0 Å². The van der Waals surface area contributed by atoms with Crippen LogP contribution in [0, 0.1) is 18.3 Å². The van der Waals surface area contributed by atoms with Gasteiger partial charge < -0.3 is 9.84 Å². The molecule has 110 valence electrons. The van der Waals surface area contributed by atoms with E-state index in [9.17, 15) is 5.11 Å². The normalized spacial score (nSPS) is 30.4. The summed E-state index contributed by atoms with van der Waals surface area (Å²) in [4.78, 5) is 2.43. The molecule has 2 saturated heterocycles. The summed E-state index contributed by atoms with van der Waals surface area (Å²) in [5.74, 6) is 0.460. The minimum Gasteiger partial charge on any atom is -0.396 e. The highest BCUT2D eigenvalue weighted by Crippen LogP contribution is 2.42. The second-order valence-corrected chi connectivity index (χ2v) is 6.70. The molecular formula is C16H22ClNO2. The van der Waals surface area contributed by atoms with Crippen LogP contribution in [0.25, 0.3) is 0 Å². The predicted molar refractivity (Wildman–Crippen MR) is 79.9 cm³/mol. The molecule has 3 rings (SSSR count). The van der Waals surface area contributed by atoms with Crippen LogP contribution in [0.15, 0.2) is 18.2 Å². The topological polar surface area (TPSA) is 32.7 Å². The number of aliphatic hydroxyl groups is 1. The van der Waals surface area contributed by atoms with Crippen LogP contribution in [0.1, 0.15) is 17.5 Å². The minimum absolute atomic E-state index is 0.0484. The Morgan fingerprint density at radius 1 is 1.50 bits per heavy atom. The third-order valence-corrected chi connectivity index (χ3v) is 5.31. The maximum absolute atomic E-state index is 9.81. The number of nitrogens with zero attached hydrogens (tertiary/aromatic N) is 1. The molecule has 0 aliphatic carbocycles. The number of hydrogen-bond acceptors (Lipinski definition) is 3. The first-order valence-corrected chi connectivity index (χ1v) is 7.67. The number of fused-ring (bicyclic) bond motifs is 1. The van der Waals surface area contributed by atoms with Crippen molar-refractivity contribution >= 4 is 11.6 Å². The van der Waals surface area contributed by atoms with Gasteiger partial charge in [0, 0.05) is 42.6 Å². The molecule has 0 spiro atoms. The fraction of sp³-hybridized carbons (Fsp3) is 0.625. The number of rotatable bonds is 3. The summed E-state index contributed by atoms with van der Waals surface area (Å²) in [6.45, 7) is 6.72. The quantitative estimate of drug-likeness (QED) is 0.930. The molecule has 2 fully saturated rings. The molecule has 0 aromatic heterocycles. The summed E-state index contributed by atoms with van der Waals surface area (Å²) in [7, 11) is 0. The van der Waals surface area contributed by atoms with Crippen molar-refractivity contribution in [2.45, 2.75) is 19.9 Å². The highest BCUT2D eigenvalue weighted by atomic mass is 35.5. The summed E-state index contributed by atoms with van der Waals surface area (Å²) in [5.41, 5.74) is 2.41. The second-order valence-electron chi connectivity index (χ2n) is 6.30. The highest BCUT2D eigenvalue weighted by molar-refractivity contribution is 6.31. The van der Waals surface area contributed by atoms with Gasteiger partial charge in [0.25, 0.3) is 0 Å². The number of aliphatic hydroxyl groups excluding tert-OH is 1. The number of benzene rings is 1. The lowest BCUT2D eigenvalue weighted by Crippen LogP contribution is -2.41. The molecule has 1 N–H and O–H groups in total. The Kier molecular flexibility index (Phi) is 4.04. The Labute approximate surface area is 125 Å². The predicted octanol–water partition coefficient (Wildman–Crippen LogP) is 2.48. The van der Waals surface area contributed by atoms with Gasteiger partial charge in [-0.3, -0.25) is 4.90 Å². The lowest BCUT2D eigenvalue weighted by Gasteiger charge is -2.36. The molecule has 20 heavy (non-hydrogen) atoms. The zero-order valence-corrected chi connectivity index (χ0v) is 12.7. The van der Waals surface area contributed by atoms with Crippen LogP contribution in [0.3, 0.4) is 0 Å². The molecule has 2 atom stereocenters. The molecule has 0 unspecified atom stereocenters. The Morgan fingerprint density at radius 3 is 3.05 bits per heavy atom. The average molecular weight is 296 g/mol. The third kappa shape index (κ3) is 2.60. The van der Waals surface area contributed by atoms with Crippen molar-refractivity contribution in [2.75, 3.05) is 32.9 Å². The number of aryl methyl sites for hydroxylation is 1. The summed E-state index contributed by atoms with van der Waals surface area (Å²) in [6, 6.07) is 6.28. The van der Waals surface area contributed by atoms with Gasteiger partial charge in [-0.05, 0) is 30.5 Å². The monoisotopic (exact) mass is 295 g/mol. The zero-order chi connectivity index (χ0) is 14.2. The van der Waals surface area contributed by atoms with Crippen LogP contribution in [-0.4, -0.2) is 42.9 Å². The fourth-order valence-corrected chi connectivity index (χ4v) is 3.73. The molecule has 1 aromatic carbocycles. The molecule has 2 aliphatic rings. The van der Waals surface area contributed by atoms with E-state index in [1.165, 1.54) is 5.56 Å². The second kappa shape index (κ2) is 5.64. The Morgan fingerprint density at radius 2 is 2.35 bits per heavy atom. The van der Waals surface area contributed by atoms with Crippen molar-refractivity contribution in [1.82, 2.24) is 4.90 Å². The van der Waals surface area contributed by atoms with Crippen LogP contribution in [-0.2, 0) is 11.3 Å². The number of ether oxygens (including phenoxy) is 1. The maximum Gasteiger partial charge on any atom is 0.0513 e. The first kappa shape index (κ1) is 14.3. The van der Waals surface area contributed by atoms with Gasteiger partial charge in [0.2, 0.25) is 0 Å². The number of halogens is 1. The summed E-state index contributed by atoms with van der Waals surface area (Å²) >= 11 is 6.20. The van der Waals surface area contributed by atoms with E-state index in [4.69, 9.17) is 16.3 Å². The first-order chi connectivity index (χ1) is 9.63. The van der Waals surface area contributed by atoms with Crippen molar-refractivity contribution < 1.29 is 9.84 Å². The van der Waals surface area contributed by atoms with Crippen LogP contribution in [0.2, 0.25) is 5.02 Å². The van der Waals surface area contributed by atoms with Crippen LogP contribution >= 0.6 is 11.6 Å². The van der Waals surface area contributed by atoms with Crippen molar-refractivity contribution in [3.8, 4) is 0 Å². The molecule has 1 aromatic rings. The number of hydrogen-bond donors (Lipinski definition) is 1. The molecular weight excluding hydrogens is 274 g/mol. The summed E-state index contributed by atoms with van der Waals surface area (Å²) in [6.07, 6.45) is 0.972. The molecule has 0 amide bonds. The molecule has 0 radical (unpaired) electrons. The Hall–Kier alpha value is -0.610. The van der Waals surface area contributed by atoms with Gasteiger partial charge in [-0.15, -0.1) is 0 Å². The van der Waals surface area contributed by atoms with Gasteiger partial charge in [-0.2, -0.15) is 0 Å². The molecule has 4 heteroatoms. The fourth-order valence-electron chi connectivity index (χ4n) is 3.53. The van der Waals surface area contributed by atoms with Crippen molar-refractivity contribution in [3.63, 3.8) is 0 Å². The Bertz CT molecular complexity index is 493. The third-order valence-electron chi connectivity index (χ3n) is 4.90. The maximum atomic E-state index is 9.81. The van der Waals surface area contributed by atoms with Crippen LogP contribution < -0.4 is 0 Å². The summed E-state index contributed by atoms with van der Waals surface area (Å²) < 4.78 is 5.58. The zero-order valence-electron chi connectivity index (χ0n) is 11.9. The van der Waals surface area contributed by atoms with Gasteiger partial charge in [0.05, 0.1) is 13.2 Å². The van der Waals surface area contributed by atoms with E-state index in [-0.39, 0.29) is 12.0 Å². The molecule has 2 aliphatic heterocycles. The SMILES string of the molecule is Cc1ccc(CN2C[C@@H]3COCC[C@]3(CO)C2)cc1Cl. The van der Waals surface area contributed by atoms with Crippen LogP contribution in [0.5, 0.6) is 0 Å². The lowest BCUT2D eigenvalue weighted by molar-refractivity contribution is -0.0417. The van der Waals surface area contributed by atoms with Crippen molar-refractivity contribution in [3.05, 3.63) is 34.3 Å². The summed E-state index contributed by atoms with van der Waals surface area (Å²) in [5, 5.41) is 10.6. The molecule has 0 bridgehead atoms. The lowest BCUT2D eigenvalue weighted by atomic mass is 9.75. The largest absolute Gasteiger partial charge is 0.396 e. The highest BCUT2D eigenvalue weighted by Gasteiger charge is 2.47. The molecule has 3 nitrogen and oxygen atoms in total. The number of likely N-dealkylation sites (tertiary alicyclic amines) is 1. The van der Waals surface area contributed by atoms with Gasteiger partial charge in [0.1, 0.15) is 0 Å². The van der Waals surface area contributed by atoms with E-state index < -0.39 is 0 Å². The first-order valence-electron chi connectivity index (χ1n) is 7.29. The van der Waals surface area contributed by atoms with Crippen LogP contribution in [0.4, 0.5) is 0 Å². The van der Waals surface area contributed by atoms with E-state index in [1.54, 1.807) is 0 Å². The standard InChI is InChI=1S/C16H22ClNO2/c1-12-2-3-13(6-15(12)17)7-18-8-14-9-20-5-4-16(14,10-18)11-19/h2-3,6,14,19H,4-5,7-11H2,1H3/t14-,16-/m1/s1. The average Bonchev–Trinajstić information content (AvgIpc) is 2.81. The van der Waals surface area contributed by atoms with Gasteiger partial charge in [-0.25, -0.2) is 0 Å². The Balaban J connectivity index is 1.71. The molecule has 2 heterocycles. The van der Waals surface area contributed by atoms with E-state index in [2.05, 4.69) is 23.1 Å². The van der Waals surface area contributed by atoms with E-state index in [0.29, 0.717) is 5.92 Å². The smallest absolute Gasteiger partial charge is 0.0513 e. The van der Waals surface area contributed by atoms with E-state index in [0.717, 1.165) is 49.9 Å². The molecule has 0 saturated carbocycles. The van der Waals surface area contributed by atoms with Crippen molar-refractivity contribution in [2.24, 2.45) is 11.3 Å². The van der Waals surface area contributed by atoms with Gasteiger partial charge in [0.15, 0.2) is 0 Å². The minimum atomic E-state index is 0.0484. The van der Waals surface area contributed by atoms with E-state index >= 15 is 0 Å². The van der Waals surface area contributed by atoms with E-state index in [1.807, 2.05) is 6.92 Å². The van der Waals surface area contributed by atoms with Gasteiger partial charge >= 0.3 is 0 Å².